The molecule has 0 aliphatic carbocycles. The van der Waals surface area contributed by atoms with Crippen molar-refractivity contribution in [3.05, 3.63) is 29.8 Å². The van der Waals surface area contributed by atoms with Crippen LogP contribution in [0.15, 0.2) is 24.3 Å². The van der Waals surface area contributed by atoms with Crippen LogP contribution in [0.1, 0.15) is 25.6 Å². The summed E-state index contributed by atoms with van der Waals surface area (Å²) in [6.07, 6.45) is -1.26. The number of hydrogen-bond donors (Lipinski definition) is 1. The van der Waals surface area contributed by atoms with Gasteiger partial charge in [0.05, 0.1) is 12.7 Å². The number of aliphatic hydroxyl groups is 1. The molecule has 0 fully saturated rings. The van der Waals surface area contributed by atoms with Crippen LogP contribution in [0.5, 0.6) is 5.75 Å². The Balaban J connectivity index is 2.78. The fourth-order valence-electron chi connectivity index (χ4n) is 1.16. The summed E-state index contributed by atoms with van der Waals surface area (Å²) in [5.41, 5.74) is 0.450. The minimum absolute atomic E-state index is 0.0671. The van der Waals surface area contributed by atoms with Crippen LogP contribution in [0, 0.1) is 0 Å². The molecule has 0 bridgehead atoms. The van der Waals surface area contributed by atoms with Gasteiger partial charge in [-0.25, -0.2) is 4.39 Å². The van der Waals surface area contributed by atoms with Crippen molar-refractivity contribution in [3.8, 4) is 5.75 Å². The molecule has 0 aliphatic rings. The molecule has 0 aromatic heterocycles. The Hall–Kier alpha value is -1.09. The molecular weight excluding hydrogens is 183 g/mol. The zero-order valence-corrected chi connectivity index (χ0v) is 8.40. The van der Waals surface area contributed by atoms with Crippen LogP contribution < -0.4 is 4.74 Å². The van der Waals surface area contributed by atoms with Gasteiger partial charge in [-0.1, -0.05) is 12.1 Å². The van der Waals surface area contributed by atoms with Crippen LogP contribution in [-0.2, 0) is 0 Å². The van der Waals surface area contributed by atoms with E-state index in [1.54, 1.807) is 24.3 Å². The lowest BCUT2D eigenvalue weighted by atomic mass is 10.1. The first-order valence-corrected chi connectivity index (χ1v) is 4.65. The average molecular weight is 198 g/mol. The minimum atomic E-state index is -1.33. The highest BCUT2D eigenvalue weighted by Crippen LogP contribution is 2.22. The monoisotopic (exact) mass is 198 g/mol. The van der Waals surface area contributed by atoms with Crippen molar-refractivity contribution in [3.63, 3.8) is 0 Å². The van der Waals surface area contributed by atoms with Gasteiger partial charge in [0.25, 0.3) is 0 Å². The predicted octanol–water partition coefficient (Wildman–Crippen LogP) is 2.48. The van der Waals surface area contributed by atoms with Crippen molar-refractivity contribution < 1.29 is 14.2 Å². The van der Waals surface area contributed by atoms with Gasteiger partial charge in [0.15, 0.2) is 0 Å². The number of aliphatic hydroxyl groups excluding tert-OH is 1. The van der Waals surface area contributed by atoms with Crippen molar-refractivity contribution >= 4 is 0 Å². The number of alkyl halides is 1. The van der Waals surface area contributed by atoms with E-state index in [1.165, 1.54) is 0 Å². The van der Waals surface area contributed by atoms with Gasteiger partial charge in [-0.3, -0.25) is 0 Å². The lowest BCUT2D eigenvalue weighted by Gasteiger charge is -2.11. The molecule has 0 radical (unpaired) electrons. The zero-order chi connectivity index (χ0) is 10.6. The van der Waals surface area contributed by atoms with E-state index in [9.17, 15) is 4.39 Å². The summed E-state index contributed by atoms with van der Waals surface area (Å²) < 4.78 is 18.5. The first-order chi connectivity index (χ1) is 6.63. The van der Waals surface area contributed by atoms with Gasteiger partial charge in [-0.2, -0.15) is 0 Å². The number of rotatable bonds is 4. The molecule has 1 rings (SSSR count). The summed E-state index contributed by atoms with van der Waals surface area (Å²) in [5, 5.41) is 8.65. The highest BCUT2D eigenvalue weighted by Gasteiger charge is 2.08. The molecular formula is C11H15FO2. The van der Waals surface area contributed by atoms with E-state index in [1.807, 2.05) is 13.8 Å². The van der Waals surface area contributed by atoms with Crippen LogP contribution >= 0.6 is 0 Å². The maximum absolute atomic E-state index is 13.1. The maximum atomic E-state index is 13.1. The van der Waals surface area contributed by atoms with Crippen LogP contribution in [0.25, 0.3) is 0 Å². The highest BCUT2D eigenvalue weighted by molar-refractivity contribution is 5.30. The Morgan fingerprint density at radius 1 is 1.43 bits per heavy atom. The third-order valence-electron chi connectivity index (χ3n) is 1.75. The van der Waals surface area contributed by atoms with Gasteiger partial charge in [-0.15, -0.1) is 0 Å². The maximum Gasteiger partial charge on any atom is 0.148 e. The molecule has 1 aromatic carbocycles. The van der Waals surface area contributed by atoms with Crippen LogP contribution in [0.2, 0.25) is 0 Å². The molecule has 14 heavy (non-hydrogen) atoms. The molecule has 0 aliphatic heterocycles. The van der Waals surface area contributed by atoms with Crippen molar-refractivity contribution in [2.45, 2.75) is 26.1 Å². The standard InChI is InChI=1S/C11H15FO2/c1-8(2)14-10-5-3-4-9(6-10)11(12)7-13/h3-6,8,11,13H,7H2,1-2H3. The van der Waals surface area contributed by atoms with Crippen molar-refractivity contribution in [2.24, 2.45) is 0 Å². The molecule has 0 saturated heterocycles. The summed E-state index contributed by atoms with van der Waals surface area (Å²) in [6.45, 7) is 3.32. The minimum Gasteiger partial charge on any atom is -0.491 e. The highest BCUT2D eigenvalue weighted by atomic mass is 19.1. The SMILES string of the molecule is CC(C)Oc1cccc(C(F)CO)c1. The smallest absolute Gasteiger partial charge is 0.148 e. The fraction of sp³-hybridized carbons (Fsp3) is 0.455. The van der Waals surface area contributed by atoms with Crippen LogP contribution in [0.4, 0.5) is 4.39 Å². The number of ether oxygens (including phenoxy) is 1. The first kappa shape index (κ1) is 11.0. The second-order valence-electron chi connectivity index (χ2n) is 3.39. The van der Waals surface area contributed by atoms with Gasteiger partial charge < -0.3 is 9.84 Å². The van der Waals surface area contributed by atoms with E-state index in [0.717, 1.165) is 0 Å². The van der Waals surface area contributed by atoms with Gasteiger partial charge in [0.1, 0.15) is 11.9 Å². The molecule has 1 N–H and O–H groups in total. The molecule has 1 atom stereocenters. The fourth-order valence-corrected chi connectivity index (χ4v) is 1.16. The van der Waals surface area contributed by atoms with Crippen LogP contribution in [0.3, 0.4) is 0 Å². The van der Waals surface area contributed by atoms with Crippen molar-refractivity contribution in [2.75, 3.05) is 6.61 Å². The summed E-state index contributed by atoms with van der Waals surface area (Å²) in [4.78, 5) is 0. The lowest BCUT2D eigenvalue weighted by molar-refractivity contribution is 0.179. The topological polar surface area (TPSA) is 29.5 Å². The summed E-state index contributed by atoms with van der Waals surface area (Å²) in [6, 6.07) is 6.73. The third-order valence-corrected chi connectivity index (χ3v) is 1.75. The number of hydrogen-bond acceptors (Lipinski definition) is 2. The molecule has 78 valence electrons. The Morgan fingerprint density at radius 3 is 2.71 bits per heavy atom. The second kappa shape index (κ2) is 4.96. The average Bonchev–Trinajstić information content (AvgIpc) is 2.16. The van der Waals surface area contributed by atoms with Gasteiger partial charge in [-0.05, 0) is 31.5 Å². The van der Waals surface area contributed by atoms with E-state index in [4.69, 9.17) is 9.84 Å². The number of halogens is 1. The normalized spacial score (nSPS) is 12.9. The molecule has 1 aromatic rings. The summed E-state index contributed by atoms with van der Waals surface area (Å²) in [5.74, 6) is 0.633. The summed E-state index contributed by atoms with van der Waals surface area (Å²) >= 11 is 0. The Kier molecular flexibility index (Phi) is 3.89. The predicted molar refractivity (Wildman–Crippen MR) is 53.1 cm³/mol. The van der Waals surface area contributed by atoms with E-state index >= 15 is 0 Å². The molecule has 0 spiro atoms. The van der Waals surface area contributed by atoms with E-state index < -0.39 is 12.8 Å². The van der Waals surface area contributed by atoms with Gasteiger partial charge in [0.2, 0.25) is 0 Å². The quantitative estimate of drug-likeness (QED) is 0.805. The van der Waals surface area contributed by atoms with Crippen molar-refractivity contribution in [1.29, 1.82) is 0 Å². The lowest BCUT2D eigenvalue weighted by Crippen LogP contribution is -2.06. The Morgan fingerprint density at radius 2 is 2.14 bits per heavy atom. The van der Waals surface area contributed by atoms with Gasteiger partial charge in [0, 0.05) is 0 Å². The van der Waals surface area contributed by atoms with E-state index in [0.29, 0.717) is 11.3 Å². The van der Waals surface area contributed by atoms with Gasteiger partial charge >= 0.3 is 0 Å². The zero-order valence-electron chi connectivity index (χ0n) is 8.40. The Labute approximate surface area is 83.3 Å². The first-order valence-electron chi connectivity index (χ1n) is 4.65. The molecule has 1 unspecified atom stereocenters. The molecule has 3 heteroatoms. The van der Waals surface area contributed by atoms with E-state index in [2.05, 4.69) is 0 Å². The number of benzene rings is 1. The molecule has 0 amide bonds. The molecule has 2 nitrogen and oxygen atoms in total. The van der Waals surface area contributed by atoms with Crippen molar-refractivity contribution in [1.82, 2.24) is 0 Å². The van der Waals surface area contributed by atoms with E-state index in [-0.39, 0.29) is 6.10 Å². The molecule has 0 heterocycles. The molecule has 0 saturated carbocycles. The summed E-state index contributed by atoms with van der Waals surface area (Å²) in [7, 11) is 0. The largest absolute Gasteiger partial charge is 0.491 e. The Bertz CT molecular complexity index is 286. The third kappa shape index (κ3) is 3.00. The van der Waals surface area contributed by atoms with Crippen LogP contribution in [-0.4, -0.2) is 17.8 Å². The second-order valence-corrected chi connectivity index (χ2v) is 3.39.